The highest BCUT2D eigenvalue weighted by atomic mass is 32.2. The van der Waals surface area contributed by atoms with E-state index >= 15 is 0 Å². The normalized spacial score (nSPS) is 22.6. The van der Waals surface area contributed by atoms with Crippen molar-refractivity contribution in [1.82, 2.24) is 9.97 Å². The number of aromatic nitrogens is 2. The molecule has 1 heterocycles. The average molecular weight is 379 g/mol. The van der Waals surface area contributed by atoms with E-state index in [9.17, 15) is 18.3 Å². The fraction of sp³-hybridized carbons (Fsp3) is 0.105. The van der Waals surface area contributed by atoms with Crippen LogP contribution < -0.4 is 5.14 Å². The lowest BCUT2D eigenvalue weighted by Gasteiger charge is -2.25. The number of primary sulfonamides is 1. The largest absolute Gasteiger partial charge is 0.478 e. The summed E-state index contributed by atoms with van der Waals surface area (Å²) in [7, 11) is -3.87. The summed E-state index contributed by atoms with van der Waals surface area (Å²) in [5.74, 6) is -1.15. The molecule has 5 rings (SSSR count). The van der Waals surface area contributed by atoms with E-state index in [1.54, 1.807) is 18.2 Å². The number of carboxylic acids is 1. The van der Waals surface area contributed by atoms with E-state index in [0.717, 1.165) is 16.8 Å². The van der Waals surface area contributed by atoms with Gasteiger partial charge in [0.15, 0.2) is 0 Å². The molecule has 2 aromatic rings. The number of fused-ring (bicyclic) bond motifs is 4. The van der Waals surface area contributed by atoms with Crippen LogP contribution in [0.4, 0.5) is 0 Å². The van der Waals surface area contributed by atoms with Crippen molar-refractivity contribution in [2.24, 2.45) is 11.1 Å². The Hall–Kier alpha value is -3.10. The summed E-state index contributed by atoms with van der Waals surface area (Å²) in [6.07, 6.45) is 8.92. The Kier molecular flexibility index (Phi) is 3.11. The maximum absolute atomic E-state index is 11.9. The van der Waals surface area contributed by atoms with Gasteiger partial charge in [-0.15, -0.1) is 0 Å². The number of carboxylic acid groups (broad SMARTS) is 1. The molecule has 0 radical (unpaired) electrons. The molecule has 8 heteroatoms. The van der Waals surface area contributed by atoms with Gasteiger partial charge in [0.2, 0.25) is 10.0 Å². The van der Waals surface area contributed by atoms with Crippen molar-refractivity contribution >= 4 is 32.6 Å². The highest BCUT2D eigenvalue weighted by Gasteiger charge is 2.43. The zero-order chi connectivity index (χ0) is 18.9. The summed E-state index contributed by atoms with van der Waals surface area (Å²) < 4.78 is 23.8. The number of rotatable bonds is 2. The van der Waals surface area contributed by atoms with Gasteiger partial charge in [-0.3, -0.25) is 0 Å². The van der Waals surface area contributed by atoms with Crippen molar-refractivity contribution in [2.75, 3.05) is 0 Å². The van der Waals surface area contributed by atoms with Crippen molar-refractivity contribution in [1.29, 1.82) is 0 Å². The summed E-state index contributed by atoms with van der Waals surface area (Å²) >= 11 is 0. The number of aromatic carboxylic acids is 1. The summed E-state index contributed by atoms with van der Waals surface area (Å²) in [6, 6.07) is 4.61. The molecule has 0 bridgehead atoms. The standard InChI is InChI=1S/C19H13N3O4S/c20-27(25,26)11-6-9-2-1-3-12-16(9)13(8-11)18-17(12)21-14-5-4-10(19(23)24)7-15(14)22-18/h1-8,12,16H,(H,23,24)(H2,20,25,26)/t12-,16?/m1/s1. The maximum atomic E-state index is 11.9. The first-order valence-electron chi connectivity index (χ1n) is 8.23. The number of carbonyl (C=O) groups is 1. The molecule has 1 aromatic heterocycles. The number of benzene rings is 1. The number of hydrogen-bond acceptors (Lipinski definition) is 5. The molecule has 0 saturated heterocycles. The molecule has 0 aliphatic heterocycles. The van der Waals surface area contributed by atoms with E-state index in [-0.39, 0.29) is 22.3 Å². The Morgan fingerprint density at radius 3 is 2.70 bits per heavy atom. The van der Waals surface area contributed by atoms with Gasteiger partial charge in [-0.25, -0.2) is 28.3 Å². The molecule has 1 unspecified atom stereocenters. The molecule has 2 atom stereocenters. The van der Waals surface area contributed by atoms with Gasteiger partial charge in [0.1, 0.15) is 0 Å². The number of sulfonamides is 1. The third-order valence-corrected chi connectivity index (χ3v) is 6.02. The minimum absolute atomic E-state index is 0.0306. The molecule has 134 valence electrons. The predicted molar refractivity (Wildman–Crippen MR) is 99.1 cm³/mol. The average Bonchev–Trinajstić information content (AvgIpc) is 2.93. The highest BCUT2D eigenvalue weighted by molar-refractivity contribution is 7.93. The lowest BCUT2D eigenvalue weighted by atomic mass is 9.79. The van der Waals surface area contributed by atoms with Crippen LogP contribution in [0.2, 0.25) is 0 Å². The van der Waals surface area contributed by atoms with E-state index in [1.807, 2.05) is 18.2 Å². The van der Waals surface area contributed by atoms with Crippen LogP contribution in [0.15, 0.2) is 59.1 Å². The topological polar surface area (TPSA) is 123 Å². The van der Waals surface area contributed by atoms with E-state index in [0.29, 0.717) is 16.7 Å². The van der Waals surface area contributed by atoms with Crippen LogP contribution >= 0.6 is 0 Å². The first-order chi connectivity index (χ1) is 12.8. The van der Waals surface area contributed by atoms with Gasteiger partial charge in [0.05, 0.1) is 32.9 Å². The quantitative estimate of drug-likeness (QED) is 0.824. The highest BCUT2D eigenvalue weighted by Crippen LogP contribution is 2.53. The van der Waals surface area contributed by atoms with Gasteiger partial charge in [0, 0.05) is 11.8 Å². The van der Waals surface area contributed by atoms with Crippen molar-refractivity contribution < 1.29 is 18.3 Å². The second-order valence-corrected chi connectivity index (χ2v) is 8.27. The molecule has 0 amide bonds. The molecule has 3 aliphatic carbocycles. The van der Waals surface area contributed by atoms with Crippen LogP contribution in [-0.2, 0) is 10.0 Å². The molecule has 0 spiro atoms. The Morgan fingerprint density at radius 1 is 1.15 bits per heavy atom. The lowest BCUT2D eigenvalue weighted by Crippen LogP contribution is -2.19. The first kappa shape index (κ1) is 16.1. The third kappa shape index (κ3) is 2.30. The third-order valence-electron chi connectivity index (χ3n) is 5.12. The summed E-state index contributed by atoms with van der Waals surface area (Å²) in [5.41, 5.74) is 4.11. The SMILES string of the molecule is NS(=O)(=O)C1=CC2=CC=C[C@H]3c4nc5ccc(C(=O)O)cc5nc4C(=C1)C23. The van der Waals surface area contributed by atoms with Crippen LogP contribution in [0.3, 0.4) is 0 Å². The number of allylic oxidation sites excluding steroid dienone is 7. The number of hydrogen-bond donors (Lipinski definition) is 2. The van der Waals surface area contributed by atoms with Crippen molar-refractivity contribution in [3.05, 3.63) is 76.0 Å². The van der Waals surface area contributed by atoms with Crippen molar-refractivity contribution in [2.45, 2.75) is 5.92 Å². The van der Waals surface area contributed by atoms with Crippen molar-refractivity contribution in [3.63, 3.8) is 0 Å². The van der Waals surface area contributed by atoms with E-state index in [1.165, 1.54) is 12.1 Å². The number of nitrogens with zero attached hydrogens (tertiary/aromatic N) is 2. The minimum Gasteiger partial charge on any atom is -0.478 e. The predicted octanol–water partition coefficient (Wildman–Crippen LogP) is 2.11. The molecule has 27 heavy (non-hydrogen) atoms. The zero-order valence-electron chi connectivity index (χ0n) is 13.8. The minimum atomic E-state index is -3.87. The Morgan fingerprint density at radius 2 is 1.96 bits per heavy atom. The molecule has 3 aliphatic rings. The molecule has 3 N–H and O–H groups in total. The summed E-state index contributed by atoms with van der Waals surface area (Å²) in [6.45, 7) is 0. The van der Waals surface area contributed by atoms with Gasteiger partial charge in [-0.2, -0.15) is 0 Å². The lowest BCUT2D eigenvalue weighted by molar-refractivity contribution is 0.0697. The summed E-state index contributed by atoms with van der Waals surface area (Å²) in [4.78, 5) is 20.6. The molecular formula is C19H13N3O4S. The van der Waals surface area contributed by atoms with Crippen LogP contribution in [0.1, 0.15) is 27.7 Å². The Balaban J connectivity index is 1.79. The zero-order valence-corrected chi connectivity index (χ0v) is 14.6. The molecule has 1 aromatic carbocycles. The monoisotopic (exact) mass is 379 g/mol. The van der Waals surface area contributed by atoms with Crippen LogP contribution in [0, 0.1) is 5.92 Å². The summed E-state index contributed by atoms with van der Waals surface area (Å²) in [5, 5.41) is 14.5. The van der Waals surface area contributed by atoms with Gasteiger partial charge < -0.3 is 5.11 Å². The van der Waals surface area contributed by atoms with E-state index in [2.05, 4.69) is 4.98 Å². The van der Waals surface area contributed by atoms with Gasteiger partial charge in [-0.1, -0.05) is 18.2 Å². The van der Waals surface area contributed by atoms with Crippen LogP contribution in [0.5, 0.6) is 0 Å². The van der Waals surface area contributed by atoms with Gasteiger partial charge in [-0.05, 0) is 41.5 Å². The molecule has 0 saturated carbocycles. The fourth-order valence-corrected chi connectivity index (χ4v) is 4.53. The van der Waals surface area contributed by atoms with Crippen LogP contribution in [-0.4, -0.2) is 29.5 Å². The molecular weight excluding hydrogens is 366 g/mol. The van der Waals surface area contributed by atoms with Crippen LogP contribution in [0.25, 0.3) is 16.6 Å². The van der Waals surface area contributed by atoms with E-state index in [4.69, 9.17) is 10.1 Å². The Labute approximate surface area is 154 Å². The molecule has 0 fully saturated rings. The second-order valence-electron chi connectivity index (χ2n) is 6.71. The fourth-order valence-electron chi connectivity index (χ4n) is 3.94. The Bertz CT molecular complexity index is 1290. The molecule has 7 nitrogen and oxygen atoms in total. The van der Waals surface area contributed by atoms with Crippen molar-refractivity contribution in [3.8, 4) is 0 Å². The maximum Gasteiger partial charge on any atom is 0.335 e. The van der Waals surface area contributed by atoms with E-state index < -0.39 is 16.0 Å². The van der Waals surface area contributed by atoms with Gasteiger partial charge >= 0.3 is 5.97 Å². The number of nitrogens with two attached hydrogens (primary N) is 1. The second kappa shape index (κ2) is 5.21. The first-order valence-corrected chi connectivity index (χ1v) is 9.77. The smallest absolute Gasteiger partial charge is 0.335 e. The van der Waals surface area contributed by atoms with Gasteiger partial charge in [0.25, 0.3) is 0 Å².